The second-order valence-corrected chi connectivity index (χ2v) is 7.64. The van der Waals surface area contributed by atoms with Gasteiger partial charge in [-0.25, -0.2) is 9.97 Å². The van der Waals surface area contributed by atoms with Gasteiger partial charge in [0.25, 0.3) is 5.56 Å². The number of carbonyl (C=O) groups is 1. The Morgan fingerprint density at radius 2 is 2.32 bits per heavy atom. The van der Waals surface area contributed by atoms with Gasteiger partial charge >= 0.3 is 0 Å². The van der Waals surface area contributed by atoms with Crippen LogP contribution < -0.4 is 11.3 Å². The number of ether oxygens (including phenoxy) is 1. The summed E-state index contributed by atoms with van der Waals surface area (Å²) in [6.45, 7) is 4.53. The average Bonchev–Trinajstić information content (AvgIpc) is 2.93. The Morgan fingerprint density at radius 3 is 3.04 bits per heavy atom. The number of rotatable bonds is 3. The van der Waals surface area contributed by atoms with Crippen molar-refractivity contribution >= 4 is 37.7 Å². The minimum atomic E-state index is -0.575. The fourth-order valence-corrected chi connectivity index (χ4v) is 4.19. The highest BCUT2D eigenvalue weighted by atomic mass is 32.1. The van der Waals surface area contributed by atoms with E-state index < -0.39 is 5.91 Å². The van der Waals surface area contributed by atoms with Gasteiger partial charge in [0.2, 0.25) is 5.91 Å². The number of carbonyl (C=O) groups excluding carboxylic acids is 1. The van der Waals surface area contributed by atoms with Crippen LogP contribution in [0.5, 0.6) is 0 Å². The van der Waals surface area contributed by atoms with E-state index in [4.69, 9.17) is 15.5 Å². The molecule has 3 aromatic heterocycles. The number of hydrogen-bond donors (Lipinski definition) is 1. The van der Waals surface area contributed by atoms with Crippen LogP contribution >= 0.6 is 11.3 Å². The first kappa shape index (κ1) is 16.2. The Balaban J connectivity index is 1.90. The molecule has 0 spiro atoms. The van der Waals surface area contributed by atoms with Gasteiger partial charge in [-0.3, -0.25) is 14.2 Å². The third-order valence-electron chi connectivity index (χ3n) is 4.80. The maximum Gasteiger partial charge on any atom is 0.271 e. The van der Waals surface area contributed by atoms with E-state index >= 15 is 0 Å². The predicted octanol–water partition coefficient (Wildman–Crippen LogP) is 1.73. The Bertz CT molecular complexity index is 1070. The lowest BCUT2D eigenvalue weighted by Crippen LogP contribution is -2.35. The van der Waals surface area contributed by atoms with Gasteiger partial charge in [-0.1, -0.05) is 6.92 Å². The Hall–Kier alpha value is -2.32. The molecule has 130 valence electrons. The van der Waals surface area contributed by atoms with Crippen LogP contribution in [0.2, 0.25) is 0 Å². The maximum atomic E-state index is 12.6. The normalized spacial score (nSPS) is 20.1. The molecule has 1 atom stereocenters. The fraction of sp³-hybridized carbons (Fsp3) is 0.412. The lowest BCUT2D eigenvalue weighted by atomic mass is 9.91. The summed E-state index contributed by atoms with van der Waals surface area (Å²) in [4.78, 5) is 33.6. The standard InChI is InChI=1S/C17H18N4O3S/c1-3-17(2)5-11-9(7-24-17)4-10-13-14(25-15(10)20-11)16(23)21(8-19-13)6-12(18)22/h4,8H,3,5-7H2,1-2H3,(H2,18,22). The number of primary amides is 1. The molecule has 0 bridgehead atoms. The molecule has 0 fully saturated rings. The van der Waals surface area contributed by atoms with Crippen molar-refractivity contribution in [3.63, 3.8) is 0 Å². The van der Waals surface area contributed by atoms with Gasteiger partial charge in [-0.15, -0.1) is 11.3 Å². The molecule has 4 rings (SSSR count). The molecule has 1 unspecified atom stereocenters. The Morgan fingerprint density at radius 1 is 1.52 bits per heavy atom. The summed E-state index contributed by atoms with van der Waals surface area (Å²) in [5.74, 6) is -0.575. The number of nitrogens with two attached hydrogens (primary N) is 1. The number of aromatic nitrogens is 3. The zero-order valence-corrected chi connectivity index (χ0v) is 14.9. The van der Waals surface area contributed by atoms with Crippen molar-refractivity contribution in [1.29, 1.82) is 0 Å². The van der Waals surface area contributed by atoms with Crippen LogP contribution in [0.25, 0.3) is 20.4 Å². The molecule has 0 aromatic carbocycles. The van der Waals surface area contributed by atoms with Crippen LogP contribution in [0.4, 0.5) is 0 Å². The lowest BCUT2D eigenvalue weighted by Gasteiger charge is -2.33. The largest absolute Gasteiger partial charge is 0.370 e. The Kier molecular flexibility index (Phi) is 3.62. The molecule has 4 heterocycles. The highest BCUT2D eigenvalue weighted by Crippen LogP contribution is 2.35. The van der Waals surface area contributed by atoms with Crippen LogP contribution in [0, 0.1) is 0 Å². The van der Waals surface area contributed by atoms with Crippen LogP contribution in [0.15, 0.2) is 17.2 Å². The molecule has 3 aromatic rings. The number of amides is 1. The molecule has 0 saturated carbocycles. The molecular weight excluding hydrogens is 340 g/mol. The van der Waals surface area contributed by atoms with Gasteiger partial charge in [0.15, 0.2) is 0 Å². The molecule has 7 nitrogen and oxygen atoms in total. The van der Waals surface area contributed by atoms with Gasteiger partial charge in [0.05, 0.1) is 29.7 Å². The van der Waals surface area contributed by atoms with Crippen molar-refractivity contribution in [2.24, 2.45) is 5.73 Å². The number of thiophene rings is 1. The highest BCUT2D eigenvalue weighted by molar-refractivity contribution is 7.25. The van der Waals surface area contributed by atoms with Gasteiger partial charge < -0.3 is 10.5 Å². The molecule has 0 saturated heterocycles. The fourth-order valence-electron chi connectivity index (χ4n) is 3.11. The van der Waals surface area contributed by atoms with E-state index in [1.54, 1.807) is 0 Å². The summed E-state index contributed by atoms with van der Waals surface area (Å²) in [5.41, 5.74) is 7.40. The zero-order valence-electron chi connectivity index (χ0n) is 14.0. The first-order chi connectivity index (χ1) is 11.9. The van der Waals surface area contributed by atoms with E-state index in [1.807, 2.05) is 6.07 Å². The molecule has 1 aliphatic rings. The van der Waals surface area contributed by atoms with E-state index in [2.05, 4.69) is 18.8 Å². The first-order valence-electron chi connectivity index (χ1n) is 8.13. The van der Waals surface area contributed by atoms with Gasteiger partial charge in [0.1, 0.15) is 16.1 Å². The minimum Gasteiger partial charge on any atom is -0.370 e. The number of hydrogen-bond acceptors (Lipinski definition) is 6. The van der Waals surface area contributed by atoms with Crippen LogP contribution in [-0.4, -0.2) is 26.0 Å². The van der Waals surface area contributed by atoms with Crippen molar-refractivity contribution < 1.29 is 9.53 Å². The molecule has 0 radical (unpaired) electrons. The zero-order chi connectivity index (χ0) is 17.8. The summed E-state index contributed by atoms with van der Waals surface area (Å²) >= 11 is 1.31. The molecule has 0 aliphatic carbocycles. The summed E-state index contributed by atoms with van der Waals surface area (Å²) in [6, 6.07) is 2.02. The lowest BCUT2D eigenvalue weighted by molar-refractivity contribution is -0.118. The summed E-state index contributed by atoms with van der Waals surface area (Å²) in [7, 11) is 0. The van der Waals surface area contributed by atoms with Crippen LogP contribution in [0.1, 0.15) is 31.5 Å². The SMILES string of the molecule is CCC1(C)Cc2nc3sc4c(=O)n(CC(N)=O)cnc4c3cc2CO1. The van der Waals surface area contributed by atoms with Crippen molar-refractivity contribution in [3.8, 4) is 0 Å². The molecule has 25 heavy (non-hydrogen) atoms. The predicted molar refractivity (Wildman–Crippen MR) is 95.6 cm³/mol. The molecule has 1 amide bonds. The molecule has 2 N–H and O–H groups in total. The van der Waals surface area contributed by atoms with Crippen molar-refractivity contribution in [2.75, 3.05) is 0 Å². The van der Waals surface area contributed by atoms with Gasteiger partial charge in [-0.2, -0.15) is 0 Å². The monoisotopic (exact) mass is 358 g/mol. The van der Waals surface area contributed by atoms with Crippen molar-refractivity contribution in [3.05, 3.63) is 34.0 Å². The van der Waals surface area contributed by atoms with Crippen molar-refractivity contribution in [1.82, 2.24) is 14.5 Å². The van der Waals surface area contributed by atoms with Crippen LogP contribution in [-0.2, 0) is 29.1 Å². The van der Waals surface area contributed by atoms with Crippen molar-refractivity contribution in [2.45, 2.75) is 45.4 Å². The topological polar surface area (TPSA) is 100 Å². The molecule has 1 aliphatic heterocycles. The number of pyridine rings is 1. The third-order valence-corrected chi connectivity index (χ3v) is 5.87. The average molecular weight is 358 g/mol. The van der Waals surface area contributed by atoms with E-state index in [-0.39, 0.29) is 17.7 Å². The minimum absolute atomic E-state index is 0.178. The third kappa shape index (κ3) is 2.61. The summed E-state index contributed by atoms with van der Waals surface area (Å²) in [5, 5.41) is 0.853. The van der Waals surface area contributed by atoms with Crippen LogP contribution in [0.3, 0.4) is 0 Å². The molecule has 8 heteroatoms. The second kappa shape index (κ2) is 5.60. The highest BCUT2D eigenvalue weighted by Gasteiger charge is 2.30. The first-order valence-corrected chi connectivity index (χ1v) is 8.94. The van der Waals surface area contributed by atoms with E-state index in [1.165, 1.54) is 22.2 Å². The summed E-state index contributed by atoms with van der Waals surface area (Å²) in [6.07, 6.45) is 3.03. The van der Waals surface area contributed by atoms with E-state index in [0.29, 0.717) is 16.8 Å². The molecular formula is C17H18N4O3S. The number of fused-ring (bicyclic) bond motifs is 4. The number of nitrogens with zero attached hydrogens (tertiary/aromatic N) is 3. The van der Waals surface area contributed by atoms with Gasteiger partial charge in [0, 0.05) is 17.4 Å². The smallest absolute Gasteiger partial charge is 0.271 e. The maximum absolute atomic E-state index is 12.6. The van der Waals surface area contributed by atoms with E-state index in [0.717, 1.165) is 34.3 Å². The van der Waals surface area contributed by atoms with Gasteiger partial charge in [-0.05, 0) is 19.4 Å². The quantitative estimate of drug-likeness (QED) is 0.768. The van der Waals surface area contributed by atoms with E-state index in [9.17, 15) is 9.59 Å². The summed E-state index contributed by atoms with van der Waals surface area (Å²) < 4.78 is 7.72. The Labute approximate surface area is 147 Å². The second-order valence-electron chi connectivity index (χ2n) is 6.64.